The van der Waals surface area contributed by atoms with E-state index in [0.29, 0.717) is 0 Å². The Labute approximate surface area is 118 Å². The van der Waals surface area contributed by atoms with Crippen molar-refractivity contribution in [3.8, 4) is 0 Å². The Morgan fingerprint density at radius 3 is 2.89 bits per heavy atom. The summed E-state index contributed by atoms with van der Waals surface area (Å²) >= 11 is 1.78. The van der Waals surface area contributed by atoms with Crippen LogP contribution in [-0.4, -0.2) is 24.6 Å². The van der Waals surface area contributed by atoms with Crippen LogP contribution in [0, 0.1) is 19.8 Å². The third-order valence-corrected chi connectivity index (χ3v) is 4.98. The van der Waals surface area contributed by atoms with Gasteiger partial charge in [-0.05, 0) is 62.9 Å². The zero-order chi connectivity index (χ0) is 13.2. The molecule has 19 heavy (non-hydrogen) atoms. The largest absolute Gasteiger partial charge is 0.361 e. The molecule has 1 aromatic carbocycles. The first-order chi connectivity index (χ1) is 9.22. The molecule has 2 aromatic rings. The maximum absolute atomic E-state index is 4.71. The number of fused-ring (bicyclic) bond motifs is 1. The van der Waals surface area contributed by atoms with Gasteiger partial charge in [-0.3, -0.25) is 0 Å². The summed E-state index contributed by atoms with van der Waals surface area (Å²) in [5.74, 6) is 0.788. The quantitative estimate of drug-likeness (QED) is 0.902. The van der Waals surface area contributed by atoms with Gasteiger partial charge in [-0.1, -0.05) is 17.4 Å². The number of piperidine rings is 1. The van der Waals surface area contributed by atoms with E-state index in [2.05, 4.69) is 36.6 Å². The van der Waals surface area contributed by atoms with Crippen molar-refractivity contribution in [2.24, 2.45) is 5.92 Å². The molecule has 1 aliphatic rings. The molecule has 102 valence electrons. The van der Waals surface area contributed by atoms with Gasteiger partial charge in [-0.2, -0.15) is 0 Å². The van der Waals surface area contributed by atoms with Crippen molar-refractivity contribution >= 4 is 26.7 Å². The van der Waals surface area contributed by atoms with Crippen molar-refractivity contribution < 1.29 is 0 Å². The molecule has 1 aliphatic heterocycles. The summed E-state index contributed by atoms with van der Waals surface area (Å²) < 4.78 is 1.32. The molecule has 0 amide bonds. The van der Waals surface area contributed by atoms with Gasteiger partial charge in [-0.25, -0.2) is 4.98 Å². The number of hydrogen-bond acceptors (Lipinski definition) is 4. The van der Waals surface area contributed by atoms with Crippen LogP contribution >= 0.6 is 11.3 Å². The predicted octanol–water partition coefficient (Wildman–Crippen LogP) is 3.32. The van der Waals surface area contributed by atoms with Gasteiger partial charge < -0.3 is 10.6 Å². The average Bonchev–Trinajstić information content (AvgIpc) is 2.81. The molecule has 0 bridgehead atoms. The normalized spacial score (nSPS) is 16.9. The average molecular weight is 275 g/mol. The van der Waals surface area contributed by atoms with E-state index in [9.17, 15) is 0 Å². The van der Waals surface area contributed by atoms with Gasteiger partial charge in [0.15, 0.2) is 5.13 Å². The fraction of sp³-hybridized carbons (Fsp3) is 0.533. The van der Waals surface area contributed by atoms with Crippen LogP contribution < -0.4 is 10.6 Å². The van der Waals surface area contributed by atoms with Gasteiger partial charge in [0.05, 0.1) is 10.2 Å². The van der Waals surface area contributed by atoms with Crippen molar-refractivity contribution in [3.63, 3.8) is 0 Å². The fourth-order valence-electron chi connectivity index (χ4n) is 2.77. The van der Waals surface area contributed by atoms with E-state index in [1.807, 2.05) is 0 Å². The van der Waals surface area contributed by atoms with Gasteiger partial charge in [0.1, 0.15) is 0 Å². The second kappa shape index (κ2) is 5.47. The molecule has 1 fully saturated rings. The Balaban J connectivity index is 1.72. The number of hydrogen-bond donors (Lipinski definition) is 2. The first-order valence-corrected chi connectivity index (χ1v) is 7.86. The number of benzene rings is 1. The standard InChI is InChI=1S/C15H21N3S/c1-10-7-11(2)14-13(8-10)18-15(19-14)17-9-12-3-5-16-6-4-12/h7-8,12,16H,3-6,9H2,1-2H3,(H,17,18). The third kappa shape index (κ3) is 2.90. The second-order valence-corrected chi connectivity index (χ2v) is 6.52. The Morgan fingerprint density at radius 2 is 2.11 bits per heavy atom. The lowest BCUT2D eigenvalue weighted by Gasteiger charge is -2.22. The number of nitrogens with zero attached hydrogens (tertiary/aromatic N) is 1. The van der Waals surface area contributed by atoms with Crippen LogP contribution in [0.2, 0.25) is 0 Å². The van der Waals surface area contributed by atoms with E-state index in [-0.39, 0.29) is 0 Å². The number of nitrogens with one attached hydrogen (secondary N) is 2. The summed E-state index contributed by atoms with van der Waals surface area (Å²) in [5, 5.41) is 8.01. The maximum Gasteiger partial charge on any atom is 0.183 e. The molecule has 0 spiro atoms. The van der Waals surface area contributed by atoms with Crippen molar-refractivity contribution in [3.05, 3.63) is 23.3 Å². The summed E-state index contributed by atoms with van der Waals surface area (Å²) in [4.78, 5) is 4.71. The monoisotopic (exact) mass is 275 g/mol. The number of anilines is 1. The molecular formula is C15H21N3S. The minimum absolute atomic E-state index is 0.788. The first kappa shape index (κ1) is 12.9. The smallest absolute Gasteiger partial charge is 0.183 e. The Hall–Kier alpha value is -1.13. The molecular weight excluding hydrogens is 254 g/mol. The lowest BCUT2D eigenvalue weighted by molar-refractivity contribution is 0.390. The molecule has 3 nitrogen and oxygen atoms in total. The number of aromatic nitrogens is 1. The molecule has 1 saturated heterocycles. The molecule has 1 aromatic heterocycles. The lowest BCUT2D eigenvalue weighted by atomic mass is 9.98. The maximum atomic E-state index is 4.71. The molecule has 2 heterocycles. The molecule has 0 unspecified atom stereocenters. The summed E-state index contributed by atoms with van der Waals surface area (Å²) in [6.45, 7) is 7.67. The van der Waals surface area contributed by atoms with Gasteiger partial charge in [0.2, 0.25) is 0 Å². The predicted molar refractivity (Wildman–Crippen MR) is 83.2 cm³/mol. The highest BCUT2D eigenvalue weighted by atomic mass is 32.1. The summed E-state index contributed by atoms with van der Waals surface area (Å²) in [7, 11) is 0. The van der Waals surface area contributed by atoms with E-state index < -0.39 is 0 Å². The van der Waals surface area contributed by atoms with Gasteiger partial charge in [0, 0.05) is 6.54 Å². The Kier molecular flexibility index (Phi) is 3.71. The highest BCUT2D eigenvalue weighted by Crippen LogP contribution is 2.30. The van der Waals surface area contributed by atoms with Gasteiger partial charge >= 0.3 is 0 Å². The van der Waals surface area contributed by atoms with Crippen LogP contribution in [0.5, 0.6) is 0 Å². The van der Waals surface area contributed by atoms with Crippen molar-refractivity contribution in [2.45, 2.75) is 26.7 Å². The van der Waals surface area contributed by atoms with E-state index in [0.717, 1.165) is 36.2 Å². The fourth-order valence-corrected chi connectivity index (χ4v) is 3.69. The van der Waals surface area contributed by atoms with Crippen molar-refractivity contribution in [1.29, 1.82) is 0 Å². The molecule has 2 N–H and O–H groups in total. The van der Waals surface area contributed by atoms with Gasteiger partial charge in [-0.15, -0.1) is 0 Å². The SMILES string of the molecule is Cc1cc(C)c2sc(NCC3CCNCC3)nc2c1. The molecule has 0 radical (unpaired) electrons. The van der Waals surface area contributed by atoms with Crippen LogP contribution in [0.25, 0.3) is 10.2 Å². The van der Waals surface area contributed by atoms with Crippen LogP contribution in [0.1, 0.15) is 24.0 Å². The van der Waals surface area contributed by atoms with E-state index >= 15 is 0 Å². The van der Waals surface area contributed by atoms with Crippen LogP contribution in [0.15, 0.2) is 12.1 Å². The van der Waals surface area contributed by atoms with Crippen molar-refractivity contribution in [2.75, 3.05) is 25.0 Å². The van der Waals surface area contributed by atoms with E-state index in [1.54, 1.807) is 11.3 Å². The summed E-state index contributed by atoms with van der Waals surface area (Å²) in [6.07, 6.45) is 2.55. The summed E-state index contributed by atoms with van der Waals surface area (Å²) in [5.41, 5.74) is 3.76. The molecule has 4 heteroatoms. The van der Waals surface area contributed by atoms with Crippen LogP contribution in [0.4, 0.5) is 5.13 Å². The highest BCUT2D eigenvalue weighted by molar-refractivity contribution is 7.22. The molecule has 0 aliphatic carbocycles. The van der Waals surface area contributed by atoms with Crippen LogP contribution in [0.3, 0.4) is 0 Å². The number of thiazole rings is 1. The zero-order valence-corrected chi connectivity index (χ0v) is 12.4. The third-order valence-electron chi connectivity index (χ3n) is 3.82. The summed E-state index contributed by atoms with van der Waals surface area (Å²) in [6, 6.07) is 4.41. The molecule has 0 atom stereocenters. The highest BCUT2D eigenvalue weighted by Gasteiger charge is 2.13. The van der Waals surface area contributed by atoms with Crippen molar-refractivity contribution in [1.82, 2.24) is 10.3 Å². The minimum Gasteiger partial charge on any atom is -0.361 e. The number of rotatable bonds is 3. The van der Waals surface area contributed by atoms with E-state index in [4.69, 9.17) is 4.98 Å². The topological polar surface area (TPSA) is 37.0 Å². The first-order valence-electron chi connectivity index (χ1n) is 7.05. The Bertz CT molecular complexity index is 570. The zero-order valence-electron chi connectivity index (χ0n) is 11.6. The Morgan fingerprint density at radius 1 is 1.32 bits per heavy atom. The van der Waals surface area contributed by atoms with Gasteiger partial charge in [0.25, 0.3) is 0 Å². The minimum atomic E-state index is 0.788. The lowest BCUT2D eigenvalue weighted by Crippen LogP contribution is -2.31. The molecule has 3 rings (SSSR count). The second-order valence-electron chi connectivity index (χ2n) is 5.52. The van der Waals surface area contributed by atoms with E-state index in [1.165, 1.54) is 28.7 Å². The molecule has 0 saturated carbocycles. The number of aryl methyl sites for hydroxylation is 2. The van der Waals surface area contributed by atoms with Crippen LogP contribution in [-0.2, 0) is 0 Å².